The molecule has 3 aromatic rings. The molecule has 0 bridgehead atoms. The van der Waals surface area contributed by atoms with Gasteiger partial charge >= 0.3 is 0 Å². The largest absolute Gasteiger partial charge is 0.384 e. The summed E-state index contributed by atoms with van der Waals surface area (Å²) in [6.07, 6.45) is 1.80. The van der Waals surface area contributed by atoms with E-state index < -0.39 is 0 Å². The maximum atomic E-state index is 14.5. The molecule has 1 fully saturated rings. The van der Waals surface area contributed by atoms with Crippen molar-refractivity contribution < 1.29 is 4.39 Å². The molecule has 2 aromatic carbocycles. The van der Waals surface area contributed by atoms with Gasteiger partial charge in [0.2, 0.25) is 0 Å². The van der Waals surface area contributed by atoms with Gasteiger partial charge in [-0.25, -0.2) is 4.39 Å². The summed E-state index contributed by atoms with van der Waals surface area (Å²) in [6.45, 7) is 6.06. The first-order chi connectivity index (χ1) is 15.5. The summed E-state index contributed by atoms with van der Waals surface area (Å²) in [7, 11) is 0. The van der Waals surface area contributed by atoms with Gasteiger partial charge in [0, 0.05) is 49.7 Å². The summed E-state index contributed by atoms with van der Waals surface area (Å²) in [5, 5.41) is 13.4. The SMILES string of the molecule is C[C@@H]1CN(c2ccc(C#N)cc2F)CCN1Cc1ccc2c3c(c(=O)[nH]c2c1)CCCN3. The molecule has 7 heteroatoms. The minimum atomic E-state index is -0.347. The van der Waals surface area contributed by atoms with Crippen molar-refractivity contribution in [1.82, 2.24) is 9.88 Å². The van der Waals surface area contributed by atoms with Crippen LogP contribution in [0.4, 0.5) is 15.8 Å². The number of benzene rings is 2. The van der Waals surface area contributed by atoms with Crippen LogP contribution in [0.5, 0.6) is 0 Å². The maximum Gasteiger partial charge on any atom is 0.253 e. The molecule has 0 amide bonds. The van der Waals surface area contributed by atoms with Crippen LogP contribution in [0.1, 0.15) is 30.0 Å². The first-order valence-electron chi connectivity index (χ1n) is 11.1. The van der Waals surface area contributed by atoms with E-state index in [9.17, 15) is 9.18 Å². The highest BCUT2D eigenvalue weighted by atomic mass is 19.1. The number of hydrogen-bond acceptors (Lipinski definition) is 5. The van der Waals surface area contributed by atoms with Gasteiger partial charge in [0.25, 0.3) is 5.56 Å². The van der Waals surface area contributed by atoms with Gasteiger partial charge in [0.1, 0.15) is 5.82 Å². The number of nitrogens with zero attached hydrogens (tertiary/aromatic N) is 3. The highest BCUT2D eigenvalue weighted by Crippen LogP contribution is 2.29. The fraction of sp³-hybridized carbons (Fsp3) is 0.360. The zero-order valence-electron chi connectivity index (χ0n) is 18.1. The Morgan fingerprint density at radius 1 is 1.22 bits per heavy atom. The topological polar surface area (TPSA) is 75.2 Å². The number of hydrogen-bond donors (Lipinski definition) is 2. The lowest BCUT2D eigenvalue weighted by Gasteiger charge is -2.41. The number of piperazine rings is 1. The number of aromatic amines is 1. The number of anilines is 2. The lowest BCUT2D eigenvalue weighted by atomic mass is 10.0. The Morgan fingerprint density at radius 3 is 2.88 bits per heavy atom. The molecule has 164 valence electrons. The van der Waals surface area contributed by atoms with Crippen LogP contribution in [-0.2, 0) is 13.0 Å². The van der Waals surface area contributed by atoms with E-state index >= 15 is 0 Å². The van der Waals surface area contributed by atoms with Gasteiger partial charge < -0.3 is 15.2 Å². The van der Waals surface area contributed by atoms with Crippen molar-refractivity contribution in [1.29, 1.82) is 5.26 Å². The summed E-state index contributed by atoms with van der Waals surface area (Å²) in [5.41, 5.74) is 4.74. The molecule has 2 aliphatic rings. The molecular weight excluding hydrogens is 405 g/mol. The molecule has 1 saturated heterocycles. The Kier molecular flexibility index (Phi) is 5.32. The molecule has 32 heavy (non-hydrogen) atoms. The minimum Gasteiger partial charge on any atom is -0.384 e. The number of halogens is 1. The van der Waals surface area contributed by atoms with Gasteiger partial charge in [-0.1, -0.05) is 12.1 Å². The van der Waals surface area contributed by atoms with Crippen molar-refractivity contribution in [2.24, 2.45) is 0 Å². The van der Waals surface area contributed by atoms with E-state index in [0.29, 0.717) is 17.8 Å². The molecule has 1 aromatic heterocycles. The number of aromatic nitrogens is 1. The van der Waals surface area contributed by atoms with E-state index in [2.05, 4.69) is 40.3 Å². The Balaban J connectivity index is 1.33. The van der Waals surface area contributed by atoms with E-state index in [1.807, 2.05) is 11.0 Å². The first kappa shape index (κ1) is 20.5. The van der Waals surface area contributed by atoms with Crippen molar-refractivity contribution in [3.8, 4) is 6.07 Å². The van der Waals surface area contributed by atoms with Gasteiger partial charge in [-0.05, 0) is 49.6 Å². The van der Waals surface area contributed by atoms with Gasteiger partial charge in [0.15, 0.2) is 0 Å². The van der Waals surface area contributed by atoms with E-state index in [4.69, 9.17) is 5.26 Å². The Bertz CT molecular complexity index is 1280. The van der Waals surface area contributed by atoms with Crippen molar-refractivity contribution in [3.63, 3.8) is 0 Å². The molecule has 2 aliphatic heterocycles. The van der Waals surface area contributed by atoms with E-state index in [-0.39, 0.29) is 17.4 Å². The Morgan fingerprint density at radius 2 is 2.09 bits per heavy atom. The molecule has 2 N–H and O–H groups in total. The molecule has 5 rings (SSSR count). The fourth-order valence-corrected chi connectivity index (χ4v) is 4.92. The van der Waals surface area contributed by atoms with Crippen molar-refractivity contribution >= 4 is 22.3 Å². The van der Waals surface area contributed by atoms with Gasteiger partial charge in [-0.15, -0.1) is 0 Å². The highest BCUT2D eigenvalue weighted by molar-refractivity contribution is 5.93. The van der Waals surface area contributed by atoms with Crippen LogP contribution in [0.15, 0.2) is 41.2 Å². The third-order valence-electron chi connectivity index (χ3n) is 6.65. The lowest BCUT2D eigenvalue weighted by molar-refractivity contribution is 0.180. The van der Waals surface area contributed by atoms with Gasteiger partial charge in [-0.3, -0.25) is 9.69 Å². The summed E-state index contributed by atoms with van der Waals surface area (Å²) in [5.74, 6) is -0.347. The molecule has 1 atom stereocenters. The monoisotopic (exact) mass is 431 g/mol. The maximum absolute atomic E-state index is 14.5. The van der Waals surface area contributed by atoms with Crippen molar-refractivity contribution in [3.05, 3.63) is 69.3 Å². The van der Waals surface area contributed by atoms with Crippen LogP contribution in [0, 0.1) is 17.1 Å². The molecule has 0 saturated carbocycles. The molecule has 6 nitrogen and oxygen atoms in total. The summed E-state index contributed by atoms with van der Waals surface area (Å²) in [4.78, 5) is 20.0. The van der Waals surface area contributed by atoms with Crippen LogP contribution >= 0.6 is 0 Å². The molecule has 0 aliphatic carbocycles. The number of fused-ring (bicyclic) bond motifs is 3. The average Bonchev–Trinajstić information content (AvgIpc) is 2.80. The Hall–Kier alpha value is -3.37. The van der Waals surface area contributed by atoms with E-state index in [0.717, 1.165) is 66.7 Å². The summed E-state index contributed by atoms with van der Waals surface area (Å²) < 4.78 is 14.5. The number of rotatable bonds is 3. The highest BCUT2D eigenvalue weighted by Gasteiger charge is 2.26. The second-order valence-corrected chi connectivity index (χ2v) is 8.76. The molecule has 0 unspecified atom stereocenters. The first-order valence-corrected chi connectivity index (χ1v) is 11.1. The van der Waals surface area contributed by atoms with Crippen LogP contribution < -0.4 is 15.8 Å². The molecule has 3 heterocycles. The standard InChI is InChI=1S/C25H26FN5O/c1-16-14-31(23-7-5-17(13-27)11-21(23)26)10-9-30(16)15-18-4-6-19-22(12-18)29-25(32)20-3-2-8-28-24(19)20/h4-7,11-12,16,28H,2-3,8-10,14-15H2,1H3,(H,29,32)/t16-/m1/s1. The van der Waals surface area contributed by atoms with Crippen molar-refractivity contribution in [2.45, 2.75) is 32.4 Å². The van der Waals surface area contributed by atoms with Crippen LogP contribution in [-0.4, -0.2) is 42.1 Å². The number of H-pyrrole nitrogens is 1. The van der Waals surface area contributed by atoms with E-state index in [1.165, 1.54) is 6.07 Å². The zero-order valence-corrected chi connectivity index (χ0v) is 18.1. The predicted octanol–water partition coefficient (Wildman–Crippen LogP) is 3.61. The van der Waals surface area contributed by atoms with Crippen LogP contribution in [0.25, 0.3) is 10.9 Å². The molecule has 0 spiro atoms. The minimum absolute atomic E-state index is 0.00303. The second-order valence-electron chi connectivity index (χ2n) is 8.76. The quantitative estimate of drug-likeness (QED) is 0.663. The second kappa shape index (κ2) is 8.29. The van der Waals surface area contributed by atoms with Gasteiger partial charge in [0.05, 0.1) is 28.5 Å². The summed E-state index contributed by atoms with van der Waals surface area (Å²) in [6, 6.07) is 13.2. The van der Waals surface area contributed by atoms with Crippen molar-refractivity contribution in [2.75, 3.05) is 36.4 Å². The molecule has 0 radical (unpaired) electrons. The third-order valence-corrected chi connectivity index (χ3v) is 6.65. The molecular formula is C25H26FN5O. The van der Waals surface area contributed by atoms with Gasteiger partial charge in [-0.2, -0.15) is 5.26 Å². The van der Waals surface area contributed by atoms with Crippen LogP contribution in [0.2, 0.25) is 0 Å². The normalized spacial score (nSPS) is 18.8. The smallest absolute Gasteiger partial charge is 0.253 e. The van der Waals surface area contributed by atoms with Crippen LogP contribution in [0.3, 0.4) is 0 Å². The zero-order chi connectivity index (χ0) is 22.2. The fourth-order valence-electron chi connectivity index (χ4n) is 4.92. The lowest BCUT2D eigenvalue weighted by Crippen LogP contribution is -2.51. The Labute approximate surface area is 186 Å². The third kappa shape index (κ3) is 3.71. The number of pyridine rings is 1. The van der Waals surface area contributed by atoms with E-state index in [1.54, 1.807) is 12.1 Å². The predicted molar refractivity (Wildman–Crippen MR) is 125 cm³/mol. The number of nitrogens with one attached hydrogen (secondary N) is 2. The average molecular weight is 432 g/mol. The summed E-state index contributed by atoms with van der Waals surface area (Å²) >= 11 is 0. The number of nitriles is 1.